The summed E-state index contributed by atoms with van der Waals surface area (Å²) in [4.78, 5) is 30.2. The maximum atomic E-state index is 12.8. The molecule has 1 N–H and O–H groups in total. The minimum Gasteiger partial charge on any atom is -0.322 e. The lowest BCUT2D eigenvalue weighted by atomic mass is 9.92. The predicted octanol–water partition coefficient (Wildman–Crippen LogP) is 5.54. The first kappa shape index (κ1) is 23.7. The second-order valence-electron chi connectivity index (χ2n) is 8.17. The average Bonchev–Trinajstić information content (AvgIpc) is 2.90. The van der Waals surface area contributed by atoms with Gasteiger partial charge in [-0.3, -0.25) is 15.0 Å². The van der Waals surface area contributed by atoms with E-state index in [0.717, 1.165) is 11.1 Å². The standard InChI is InChI=1S/C25H25N7O3/c26-29-28-23(19-7-3-1-4-8-19)24(20-9-5-2-6-10-20)30-15-17-31(18-16-30)25(33)27-21-11-13-22(14-12-21)32(34)35/h1-14,23-24H,15-18H2,(H,27,33)/t23-,24+/m0/s1. The number of nitrogens with zero attached hydrogens (tertiary/aromatic N) is 6. The fourth-order valence-electron chi connectivity index (χ4n) is 4.33. The molecule has 1 saturated heterocycles. The molecule has 10 heteroatoms. The Kier molecular flexibility index (Phi) is 7.57. The van der Waals surface area contributed by atoms with Crippen molar-refractivity contribution in [2.24, 2.45) is 5.11 Å². The summed E-state index contributed by atoms with van der Waals surface area (Å²) in [5.41, 5.74) is 11.8. The second kappa shape index (κ2) is 11.1. The van der Waals surface area contributed by atoms with Crippen LogP contribution in [0, 0.1) is 10.1 Å². The first-order chi connectivity index (χ1) is 17.1. The van der Waals surface area contributed by atoms with Crippen LogP contribution in [0.15, 0.2) is 90.0 Å². The van der Waals surface area contributed by atoms with Crippen molar-refractivity contribution < 1.29 is 9.72 Å². The Morgan fingerprint density at radius 2 is 1.49 bits per heavy atom. The molecule has 1 fully saturated rings. The molecule has 0 radical (unpaired) electrons. The van der Waals surface area contributed by atoms with Gasteiger partial charge in [0.15, 0.2) is 0 Å². The Balaban J connectivity index is 1.48. The molecule has 1 aliphatic rings. The molecule has 35 heavy (non-hydrogen) atoms. The van der Waals surface area contributed by atoms with E-state index in [0.29, 0.717) is 31.9 Å². The third-order valence-corrected chi connectivity index (χ3v) is 6.08. The molecule has 10 nitrogen and oxygen atoms in total. The Hall–Kier alpha value is -4.40. The van der Waals surface area contributed by atoms with Gasteiger partial charge in [-0.25, -0.2) is 4.79 Å². The number of carbonyl (C=O) groups excluding carboxylic acids is 1. The summed E-state index contributed by atoms with van der Waals surface area (Å²) < 4.78 is 0. The van der Waals surface area contributed by atoms with Crippen molar-refractivity contribution in [3.63, 3.8) is 0 Å². The van der Waals surface area contributed by atoms with Gasteiger partial charge in [0.1, 0.15) is 0 Å². The van der Waals surface area contributed by atoms with Gasteiger partial charge in [-0.2, -0.15) is 0 Å². The van der Waals surface area contributed by atoms with Gasteiger partial charge in [-0.1, -0.05) is 65.8 Å². The number of carbonyl (C=O) groups is 1. The highest BCUT2D eigenvalue weighted by Crippen LogP contribution is 2.37. The molecule has 2 atom stereocenters. The van der Waals surface area contributed by atoms with Crippen LogP contribution in [0.2, 0.25) is 0 Å². The quantitative estimate of drug-likeness (QED) is 0.160. The molecular formula is C25H25N7O3. The third-order valence-electron chi connectivity index (χ3n) is 6.08. The van der Waals surface area contributed by atoms with Crippen LogP contribution in [0.5, 0.6) is 0 Å². The zero-order valence-corrected chi connectivity index (χ0v) is 19.0. The topological polar surface area (TPSA) is 127 Å². The van der Waals surface area contributed by atoms with Crippen LogP contribution in [0.25, 0.3) is 10.4 Å². The number of azide groups is 1. The van der Waals surface area contributed by atoms with Crippen molar-refractivity contribution in [2.45, 2.75) is 12.1 Å². The van der Waals surface area contributed by atoms with Crippen molar-refractivity contribution in [1.82, 2.24) is 9.80 Å². The van der Waals surface area contributed by atoms with E-state index in [2.05, 4.69) is 20.2 Å². The first-order valence-electron chi connectivity index (χ1n) is 11.3. The largest absolute Gasteiger partial charge is 0.322 e. The number of urea groups is 1. The molecule has 2 amide bonds. The molecule has 3 aromatic carbocycles. The van der Waals surface area contributed by atoms with Gasteiger partial charge >= 0.3 is 6.03 Å². The SMILES string of the molecule is [N-]=[N+]=N[C@@H](c1ccccc1)[C@@H](c1ccccc1)N1CCN(C(=O)Nc2ccc([N+](=O)[O-])cc2)CC1. The monoisotopic (exact) mass is 471 g/mol. The van der Waals surface area contributed by atoms with Crippen LogP contribution in [0.4, 0.5) is 16.2 Å². The molecule has 0 aromatic heterocycles. The molecule has 3 aromatic rings. The summed E-state index contributed by atoms with van der Waals surface area (Å²) in [7, 11) is 0. The number of nitro benzene ring substituents is 1. The summed E-state index contributed by atoms with van der Waals surface area (Å²) in [5, 5.41) is 17.8. The molecule has 0 aliphatic carbocycles. The number of nitro groups is 1. The normalized spacial score (nSPS) is 15.5. The number of nitrogens with one attached hydrogen (secondary N) is 1. The fraction of sp³-hybridized carbons (Fsp3) is 0.240. The number of anilines is 1. The molecule has 1 heterocycles. The summed E-state index contributed by atoms with van der Waals surface area (Å²) in [5.74, 6) is 0. The van der Waals surface area contributed by atoms with Gasteiger partial charge in [-0.05, 0) is 28.8 Å². The number of benzene rings is 3. The van der Waals surface area contributed by atoms with Crippen molar-refractivity contribution in [3.05, 3.63) is 117 Å². The minimum absolute atomic E-state index is 0.0310. The first-order valence-corrected chi connectivity index (χ1v) is 11.3. The maximum absolute atomic E-state index is 12.8. The predicted molar refractivity (Wildman–Crippen MR) is 133 cm³/mol. The van der Waals surface area contributed by atoms with Gasteiger partial charge in [0, 0.05) is 55.0 Å². The van der Waals surface area contributed by atoms with Crippen LogP contribution in [-0.4, -0.2) is 46.9 Å². The van der Waals surface area contributed by atoms with E-state index in [1.54, 1.807) is 4.90 Å². The van der Waals surface area contributed by atoms with Crippen LogP contribution >= 0.6 is 0 Å². The van der Waals surface area contributed by atoms with E-state index < -0.39 is 11.0 Å². The molecule has 4 rings (SSSR count). The van der Waals surface area contributed by atoms with Crippen LogP contribution in [0.3, 0.4) is 0 Å². The van der Waals surface area contributed by atoms with E-state index in [9.17, 15) is 20.4 Å². The number of non-ortho nitro benzene ring substituents is 1. The molecular weight excluding hydrogens is 446 g/mol. The van der Waals surface area contributed by atoms with E-state index >= 15 is 0 Å². The Labute approximate surface area is 202 Å². The fourth-order valence-corrected chi connectivity index (χ4v) is 4.33. The summed E-state index contributed by atoms with van der Waals surface area (Å²) in [6.45, 7) is 2.16. The number of rotatable bonds is 7. The van der Waals surface area contributed by atoms with E-state index in [1.165, 1.54) is 24.3 Å². The van der Waals surface area contributed by atoms with E-state index in [4.69, 9.17) is 0 Å². The van der Waals surface area contributed by atoms with Gasteiger partial charge in [0.2, 0.25) is 0 Å². The van der Waals surface area contributed by atoms with Gasteiger partial charge < -0.3 is 10.2 Å². The zero-order valence-electron chi connectivity index (χ0n) is 19.0. The van der Waals surface area contributed by atoms with E-state index in [1.807, 2.05) is 60.7 Å². The molecule has 178 valence electrons. The number of piperazine rings is 1. The summed E-state index contributed by atoms with van der Waals surface area (Å²) >= 11 is 0. The molecule has 0 unspecified atom stereocenters. The van der Waals surface area contributed by atoms with Gasteiger partial charge in [0.25, 0.3) is 5.69 Å². The highest BCUT2D eigenvalue weighted by atomic mass is 16.6. The zero-order chi connectivity index (χ0) is 24.6. The number of hydrogen-bond donors (Lipinski definition) is 1. The lowest BCUT2D eigenvalue weighted by Gasteiger charge is -2.41. The van der Waals surface area contributed by atoms with Crippen LogP contribution in [-0.2, 0) is 0 Å². The van der Waals surface area contributed by atoms with Crippen molar-refractivity contribution in [1.29, 1.82) is 0 Å². The van der Waals surface area contributed by atoms with Crippen LogP contribution in [0.1, 0.15) is 23.2 Å². The highest BCUT2D eigenvalue weighted by molar-refractivity contribution is 5.89. The molecule has 0 saturated carbocycles. The molecule has 1 aliphatic heterocycles. The van der Waals surface area contributed by atoms with Gasteiger partial charge in [-0.15, -0.1) is 0 Å². The van der Waals surface area contributed by atoms with Crippen molar-refractivity contribution in [2.75, 3.05) is 31.5 Å². The van der Waals surface area contributed by atoms with Crippen molar-refractivity contribution in [3.8, 4) is 0 Å². The third kappa shape index (κ3) is 5.75. The number of hydrogen-bond acceptors (Lipinski definition) is 5. The maximum Gasteiger partial charge on any atom is 0.321 e. The van der Waals surface area contributed by atoms with E-state index in [-0.39, 0.29) is 17.8 Å². The average molecular weight is 472 g/mol. The lowest BCUT2D eigenvalue weighted by Crippen LogP contribution is -2.51. The molecule has 0 bridgehead atoms. The van der Waals surface area contributed by atoms with Crippen LogP contribution < -0.4 is 5.32 Å². The highest BCUT2D eigenvalue weighted by Gasteiger charge is 2.33. The minimum atomic E-state index is -0.479. The Morgan fingerprint density at radius 3 is 2.03 bits per heavy atom. The molecule has 0 spiro atoms. The Bertz CT molecular complexity index is 1190. The lowest BCUT2D eigenvalue weighted by molar-refractivity contribution is -0.384. The summed E-state index contributed by atoms with van der Waals surface area (Å²) in [6, 6.07) is 24.5. The van der Waals surface area contributed by atoms with Gasteiger partial charge in [0.05, 0.1) is 11.0 Å². The second-order valence-corrected chi connectivity index (χ2v) is 8.17. The Morgan fingerprint density at radius 1 is 0.914 bits per heavy atom. The van der Waals surface area contributed by atoms with Crippen molar-refractivity contribution >= 4 is 17.4 Å². The smallest absolute Gasteiger partial charge is 0.321 e. The number of amides is 2. The summed E-state index contributed by atoms with van der Waals surface area (Å²) in [6.07, 6.45) is 0.